The number of rotatable bonds is 3. The van der Waals surface area contributed by atoms with E-state index in [1.807, 2.05) is 56.3 Å². The average Bonchev–Trinajstić information content (AvgIpc) is 3.06. The van der Waals surface area contributed by atoms with Crippen molar-refractivity contribution >= 4 is 50.3 Å². The van der Waals surface area contributed by atoms with Crippen molar-refractivity contribution in [2.45, 2.75) is 20.4 Å². The SMILES string of the molecule is Cc1ccc(-n2c(Cn3nc(I)c4c(N)ncnc43)nc3cccc(C)c3c2=O)cc1. The molecule has 5 aromatic rings. The number of nitrogens with two attached hydrogens (primary N) is 1. The Morgan fingerprint density at radius 2 is 1.81 bits per heavy atom. The van der Waals surface area contributed by atoms with Gasteiger partial charge in [-0.3, -0.25) is 9.36 Å². The summed E-state index contributed by atoms with van der Waals surface area (Å²) in [4.78, 5) is 26.9. The summed E-state index contributed by atoms with van der Waals surface area (Å²) in [6.45, 7) is 4.19. The number of aromatic nitrogens is 6. The van der Waals surface area contributed by atoms with Gasteiger partial charge in [-0.15, -0.1) is 0 Å². The van der Waals surface area contributed by atoms with Gasteiger partial charge in [-0.2, -0.15) is 5.10 Å². The van der Waals surface area contributed by atoms with Crippen LogP contribution in [0.4, 0.5) is 5.82 Å². The molecule has 2 aromatic carbocycles. The molecule has 0 unspecified atom stereocenters. The van der Waals surface area contributed by atoms with Crippen molar-refractivity contribution in [2.24, 2.45) is 0 Å². The quantitative estimate of drug-likeness (QED) is 0.364. The minimum absolute atomic E-state index is 0.109. The second kappa shape index (κ2) is 7.41. The van der Waals surface area contributed by atoms with Crippen LogP contribution in [0.1, 0.15) is 17.0 Å². The third-order valence-corrected chi connectivity index (χ3v) is 6.03. The van der Waals surface area contributed by atoms with Crippen LogP contribution >= 0.6 is 22.6 Å². The first-order valence-electron chi connectivity index (χ1n) is 9.65. The Bertz CT molecular complexity index is 1520. The zero-order valence-corrected chi connectivity index (χ0v) is 19.0. The second-order valence-electron chi connectivity index (χ2n) is 7.38. The van der Waals surface area contributed by atoms with Crippen molar-refractivity contribution in [3.63, 3.8) is 0 Å². The first-order valence-corrected chi connectivity index (χ1v) is 10.7. The van der Waals surface area contributed by atoms with E-state index in [2.05, 4.69) is 37.7 Å². The van der Waals surface area contributed by atoms with Gasteiger partial charge in [-0.1, -0.05) is 29.8 Å². The van der Waals surface area contributed by atoms with Crippen molar-refractivity contribution in [1.29, 1.82) is 0 Å². The van der Waals surface area contributed by atoms with Gasteiger partial charge in [0.2, 0.25) is 0 Å². The molecule has 0 saturated carbocycles. The van der Waals surface area contributed by atoms with Crippen LogP contribution in [0, 0.1) is 17.5 Å². The molecule has 2 N–H and O–H groups in total. The number of fused-ring (bicyclic) bond motifs is 2. The molecule has 0 saturated heterocycles. The highest BCUT2D eigenvalue weighted by atomic mass is 127. The van der Waals surface area contributed by atoms with E-state index in [0.717, 1.165) is 16.8 Å². The number of nitrogen functional groups attached to an aromatic ring is 1. The summed E-state index contributed by atoms with van der Waals surface area (Å²) in [5, 5.41) is 5.90. The minimum Gasteiger partial charge on any atom is -0.383 e. The molecule has 0 bridgehead atoms. The molecule has 5 rings (SSSR count). The normalized spacial score (nSPS) is 11.5. The van der Waals surface area contributed by atoms with Crippen LogP contribution in [0.5, 0.6) is 0 Å². The Morgan fingerprint density at radius 3 is 2.58 bits per heavy atom. The molecule has 0 radical (unpaired) electrons. The molecular formula is C22H18IN7O. The number of aryl methyl sites for hydroxylation is 2. The predicted molar refractivity (Wildman–Crippen MR) is 128 cm³/mol. The molecule has 0 atom stereocenters. The first kappa shape index (κ1) is 19.6. The summed E-state index contributed by atoms with van der Waals surface area (Å²) in [7, 11) is 0. The summed E-state index contributed by atoms with van der Waals surface area (Å²) in [6.07, 6.45) is 1.41. The summed E-state index contributed by atoms with van der Waals surface area (Å²) >= 11 is 2.12. The van der Waals surface area contributed by atoms with E-state index in [4.69, 9.17) is 10.7 Å². The van der Waals surface area contributed by atoms with E-state index in [0.29, 0.717) is 37.3 Å². The fraction of sp³-hybridized carbons (Fsp3) is 0.136. The molecule has 0 amide bonds. The molecule has 3 aromatic heterocycles. The fourth-order valence-corrected chi connectivity index (χ4v) is 4.52. The third kappa shape index (κ3) is 3.25. The molecule has 9 heteroatoms. The Labute approximate surface area is 190 Å². The average molecular weight is 523 g/mol. The van der Waals surface area contributed by atoms with Crippen LogP contribution < -0.4 is 11.3 Å². The number of hydrogen-bond acceptors (Lipinski definition) is 6. The van der Waals surface area contributed by atoms with E-state index in [1.54, 1.807) is 9.25 Å². The molecule has 3 heterocycles. The minimum atomic E-state index is -0.109. The molecule has 8 nitrogen and oxygen atoms in total. The number of hydrogen-bond donors (Lipinski definition) is 1. The number of nitrogens with zero attached hydrogens (tertiary/aromatic N) is 6. The lowest BCUT2D eigenvalue weighted by Gasteiger charge is -2.15. The highest BCUT2D eigenvalue weighted by Gasteiger charge is 2.18. The highest BCUT2D eigenvalue weighted by molar-refractivity contribution is 14.1. The molecule has 31 heavy (non-hydrogen) atoms. The van der Waals surface area contributed by atoms with Crippen molar-refractivity contribution in [3.05, 3.63) is 79.8 Å². The van der Waals surface area contributed by atoms with Gasteiger partial charge in [-0.25, -0.2) is 19.6 Å². The Morgan fingerprint density at radius 1 is 1.03 bits per heavy atom. The van der Waals surface area contributed by atoms with Crippen molar-refractivity contribution < 1.29 is 0 Å². The topological polar surface area (TPSA) is 105 Å². The lowest BCUT2D eigenvalue weighted by atomic mass is 10.1. The van der Waals surface area contributed by atoms with Crippen molar-refractivity contribution in [2.75, 3.05) is 5.73 Å². The monoisotopic (exact) mass is 523 g/mol. The zero-order valence-electron chi connectivity index (χ0n) is 16.9. The maximum Gasteiger partial charge on any atom is 0.266 e. The molecule has 0 aliphatic rings. The summed E-state index contributed by atoms with van der Waals surface area (Å²) in [5.41, 5.74) is 9.94. The number of anilines is 1. The number of halogens is 1. The van der Waals surface area contributed by atoms with Crippen LogP contribution in [-0.2, 0) is 6.54 Å². The van der Waals surface area contributed by atoms with Gasteiger partial charge in [-0.05, 0) is 60.2 Å². The van der Waals surface area contributed by atoms with Gasteiger partial charge in [0.25, 0.3) is 5.56 Å². The van der Waals surface area contributed by atoms with E-state index < -0.39 is 0 Å². The van der Waals surface area contributed by atoms with Crippen LogP contribution in [-0.4, -0.2) is 29.3 Å². The lowest BCUT2D eigenvalue weighted by molar-refractivity contribution is 0.645. The van der Waals surface area contributed by atoms with Gasteiger partial charge in [0.15, 0.2) is 5.65 Å². The lowest BCUT2D eigenvalue weighted by Crippen LogP contribution is -2.26. The zero-order chi connectivity index (χ0) is 21.7. The molecule has 0 aliphatic carbocycles. The summed E-state index contributed by atoms with van der Waals surface area (Å²) in [5.74, 6) is 0.934. The van der Waals surface area contributed by atoms with Crippen LogP contribution in [0.15, 0.2) is 53.6 Å². The van der Waals surface area contributed by atoms with E-state index >= 15 is 0 Å². The third-order valence-electron chi connectivity index (χ3n) is 5.27. The summed E-state index contributed by atoms with van der Waals surface area (Å²) in [6, 6.07) is 13.5. The second-order valence-corrected chi connectivity index (χ2v) is 8.40. The van der Waals surface area contributed by atoms with Crippen molar-refractivity contribution in [1.82, 2.24) is 29.3 Å². The van der Waals surface area contributed by atoms with Gasteiger partial charge < -0.3 is 5.73 Å². The fourth-order valence-electron chi connectivity index (χ4n) is 3.74. The van der Waals surface area contributed by atoms with Crippen LogP contribution in [0.2, 0.25) is 0 Å². The standard InChI is InChI=1S/C22H18IN7O/c1-12-6-8-14(9-7-12)30-16(27-15-5-3-4-13(2)17(15)22(30)31)10-29-21-18(19(23)28-29)20(24)25-11-26-21/h3-9,11H,10H2,1-2H3,(H2,24,25,26). The van der Waals surface area contributed by atoms with E-state index in [-0.39, 0.29) is 12.1 Å². The first-order chi connectivity index (χ1) is 14.9. The predicted octanol–water partition coefficient (Wildman–Crippen LogP) is 3.38. The van der Waals surface area contributed by atoms with E-state index in [1.165, 1.54) is 6.33 Å². The smallest absolute Gasteiger partial charge is 0.266 e. The number of benzene rings is 2. The maximum absolute atomic E-state index is 13.6. The van der Waals surface area contributed by atoms with E-state index in [9.17, 15) is 4.79 Å². The highest BCUT2D eigenvalue weighted by Crippen LogP contribution is 2.24. The maximum atomic E-state index is 13.6. The van der Waals surface area contributed by atoms with Gasteiger partial charge >= 0.3 is 0 Å². The van der Waals surface area contributed by atoms with Crippen LogP contribution in [0.3, 0.4) is 0 Å². The Kier molecular flexibility index (Phi) is 4.69. The van der Waals surface area contributed by atoms with Gasteiger partial charge in [0.1, 0.15) is 28.2 Å². The molecule has 0 fully saturated rings. The molecular weight excluding hydrogens is 505 g/mol. The Balaban J connectivity index is 1.79. The Hall–Kier alpha value is -3.34. The molecule has 0 spiro atoms. The molecule has 154 valence electrons. The molecule has 0 aliphatic heterocycles. The van der Waals surface area contributed by atoms with Crippen molar-refractivity contribution in [3.8, 4) is 5.69 Å². The summed E-state index contributed by atoms with van der Waals surface area (Å²) < 4.78 is 4.06. The van der Waals surface area contributed by atoms with Crippen LogP contribution in [0.25, 0.3) is 27.6 Å². The van der Waals surface area contributed by atoms with Gasteiger partial charge in [0, 0.05) is 0 Å². The largest absolute Gasteiger partial charge is 0.383 e. The van der Waals surface area contributed by atoms with Gasteiger partial charge in [0.05, 0.1) is 22.0 Å².